The Bertz CT molecular complexity index is 885. The third-order valence-electron chi connectivity index (χ3n) is 6.18. The second-order valence-corrected chi connectivity index (χ2v) is 11.7. The van der Waals surface area contributed by atoms with E-state index >= 15 is 0 Å². The highest BCUT2D eigenvalue weighted by Crippen LogP contribution is 2.39. The molecule has 0 aliphatic carbocycles. The Labute approximate surface area is 194 Å². The molecule has 0 N–H and O–H groups in total. The molecule has 32 heavy (non-hydrogen) atoms. The fourth-order valence-electron chi connectivity index (χ4n) is 3.95. The van der Waals surface area contributed by atoms with E-state index in [0.717, 1.165) is 30.6 Å². The van der Waals surface area contributed by atoms with Gasteiger partial charge >= 0.3 is 6.03 Å². The van der Waals surface area contributed by atoms with Gasteiger partial charge in [0.15, 0.2) is 6.23 Å². The maximum absolute atomic E-state index is 13.6. The van der Waals surface area contributed by atoms with Crippen molar-refractivity contribution < 1.29 is 22.7 Å². The summed E-state index contributed by atoms with van der Waals surface area (Å²) in [5.41, 5.74) is -0.383. The molecule has 2 fully saturated rings. The van der Waals surface area contributed by atoms with Crippen LogP contribution in [0, 0.1) is 0 Å². The quantitative estimate of drug-likeness (QED) is 0.367. The zero-order valence-electron chi connectivity index (χ0n) is 19.6. The zero-order valence-corrected chi connectivity index (χ0v) is 21.2. The van der Waals surface area contributed by atoms with Crippen molar-refractivity contribution in [1.82, 2.24) is 19.4 Å². The summed E-state index contributed by atoms with van der Waals surface area (Å²) in [6, 6.07) is -0.394. The smallest absolute Gasteiger partial charge is 0.329 e. The maximum atomic E-state index is 13.6. The first-order valence-corrected chi connectivity index (χ1v) is 13.6. The van der Waals surface area contributed by atoms with Gasteiger partial charge in [-0.1, -0.05) is 38.5 Å². The third kappa shape index (κ3) is 4.79. The lowest BCUT2D eigenvalue weighted by atomic mass is 9.97. The molecule has 0 saturated carbocycles. The number of nitrogens with zero attached hydrogens (tertiary/aromatic N) is 5. The van der Waals surface area contributed by atoms with Crippen molar-refractivity contribution in [3.63, 3.8) is 0 Å². The first kappa shape index (κ1) is 25.3. The molecule has 182 valence electrons. The lowest BCUT2D eigenvalue weighted by Gasteiger charge is -2.38. The van der Waals surface area contributed by atoms with E-state index in [1.165, 1.54) is 9.21 Å². The fraction of sp³-hybridized carbons (Fsp3) is 0.850. The Morgan fingerprint density at radius 2 is 1.88 bits per heavy atom. The van der Waals surface area contributed by atoms with Gasteiger partial charge in [0.1, 0.15) is 0 Å². The average molecular weight is 490 g/mol. The number of carbonyl (C=O) groups is 1. The lowest BCUT2D eigenvalue weighted by Crippen LogP contribution is -2.50. The van der Waals surface area contributed by atoms with E-state index in [2.05, 4.69) is 17.1 Å². The minimum absolute atomic E-state index is 0.115. The Morgan fingerprint density at radius 3 is 2.47 bits per heavy atom. The van der Waals surface area contributed by atoms with E-state index in [-0.39, 0.29) is 40.2 Å². The number of urea groups is 1. The van der Waals surface area contributed by atoms with Gasteiger partial charge in [0.05, 0.1) is 19.3 Å². The molecule has 0 bridgehead atoms. The molecule has 12 heteroatoms. The van der Waals surface area contributed by atoms with Crippen molar-refractivity contribution in [2.45, 2.75) is 82.5 Å². The molecule has 3 rings (SSSR count). The lowest BCUT2D eigenvalue weighted by molar-refractivity contribution is 0.00620. The summed E-state index contributed by atoms with van der Waals surface area (Å²) in [5, 5.41) is 8.34. The van der Waals surface area contributed by atoms with E-state index < -0.39 is 16.3 Å². The molecule has 10 nitrogen and oxygen atoms in total. The highest BCUT2D eigenvalue weighted by Gasteiger charge is 2.52. The van der Waals surface area contributed by atoms with Crippen LogP contribution in [-0.2, 0) is 19.5 Å². The predicted octanol–water partition coefficient (Wildman–Crippen LogP) is 2.91. The number of unbranched alkanes of at least 4 members (excludes halogenated alkanes) is 1. The van der Waals surface area contributed by atoms with Gasteiger partial charge in [-0.2, -0.15) is 4.31 Å². The summed E-state index contributed by atoms with van der Waals surface area (Å²) in [7, 11) is -3.79. The van der Waals surface area contributed by atoms with Crippen LogP contribution < -0.4 is 4.90 Å². The van der Waals surface area contributed by atoms with Crippen LogP contribution in [0.25, 0.3) is 0 Å². The topological polar surface area (TPSA) is 105 Å². The molecule has 3 heterocycles. The maximum Gasteiger partial charge on any atom is 0.329 e. The van der Waals surface area contributed by atoms with Crippen LogP contribution >= 0.6 is 11.3 Å². The first-order valence-electron chi connectivity index (χ1n) is 11.3. The molecule has 0 aromatic carbocycles. The number of rotatable bonds is 10. The zero-order chi connectivity index (χ0) is 23.5. The second kappa shape index (κ2) is 10.3. The van der Waals surface area contributed by atoms with Crippen LogP contribution in [0.5, 0.6) is 0 Å². The van der Waals surface area contributed by atoms with Crippen molar-refractivity contribution in [3.8, 4) is 0 Å². The number of hydrogen-bond acceptors (Lipinski definition) is 8. The fourth-order valence-corrected chi connectivity index (χ4v) is 6.51. The SMILES string of the molecule is CCCCOC1C(CC)N(C(C)(C)CC)C(=O)N1c1nnc(S(=O)(=O)N2CCOCC2)s1. The molecule has 0 spiro atoms. The molecule has 1 aromatic heterocycles. The summed E-state index contributed by atoms with van der Waals surface area (Å²) in [6.45, 7) is 12.0. The second-order valence-electron chi connectivity index (χ2n) is 8.65. The minimum Gasteiger partial charge on any atom is -0.379 e. The minimum atomic E-state index is -3.79. The molecule has 2 aliphatic heterocycles. The van der Waals surface area contributed by atoms with Gasteiger partial charge in [0.2, 0.25) is 9.47 Å². The van der Waals surface area contributed by atoms with Crippen LogP contribution in [0.4, 0.5) is 9.93 Å². The summed E-state index contributed by atoms with van der Waals surface area (Å²) in [5.74, 6) is 0. The number of sulfonamides is 1. The van der Waals surface area contributed by atoms with Crippen molar-refractivity contribution in [1.29, 1.82) is 0 Å². The van der Waals surface area contributed by atoms with E-state index in [1.54, 1.807) is 0 Å². The van der Waals surface area contributed by atoms with Crippen LogP contribution in [0.15, 0.2) is 4.34 Å². The molecule has 0 radical (unpaired) electrons. The Kier molecular flexibility index (Phi) is 8.13. The highest BCUT2D eigenvalue weighted by atomic mass is 32.2. The number of morpholine rings is 1. The van der Waals surface area contributed by atoms with Crippen molar-refractivity contribution in [2.75, 3.05) is 37.8 Å². The third-order valence-corrected chi connectivity index (χ3v) is 9.35. The molecule has 2 aliphatic rings. The Hall–Kier alpha value is -1.34. The molecular weight excluding hydrogens is 454 g/mol. The Balaban J connectivity index is 1.95. The van der Waals surface area contributed by atoms with Crippen molar-refractivity contribution in [2.24, 2.45) is 0 Å². The molecule has 2 unspecified atom stereocenters. The Morgan fingerprint density at radius 1 is 1.19 bits per heavy atom. The average Bonchev–Trinajstić information content (AvgIpc) is 3.37. The number of ether oxygens (including phenoxy) is 2. The molecule has 2 atom stereocenters. The van der Waals surface area contributed by atoms with Crippen molar-refractivity contribution >= 4 is 32.5 Å². The largest absolute Gasteiger partial charge is 0.379 e. The van der Waals surface area contributed by atoms with Crippen LogP contribution in [0.2, 0.25) is 0 Å². The van der Waals surface area contributed by atoms with E-state index in [0.29, 0.717) is 26.2 Å². The monoisotopic (exact) mass is 489 g/mol. The standard InChI is InChI=1S/C20H35N5O5S2/c1-6-9-12-30-16-15(7-2)25(20(4,5)8-3)19(26)24(16)17-21-22-18(31-17)32(27,28)23-10-13-29-14-11-23/h15-16H,6-14H2,1-5H3. The normalized spacial score (nSPS) is 23.3. The van der Waals surface area contributed by atoms with Gasteiger partial charge in [-0.25, -0.2) is 18.1 Å². The molecular formula is C20H35N5O5S2. The van der Waals surface area contributed by atoms with E-state index in [9.17, 15) is 13.2 Å². The summed E-state index contributed by atoms with van der Waals surface area (Å²) in [4.78, 5) is 17.0. The number of carbonyl (C=O) groups excluding carboxylic acids is 1. The number of aromatic nitrogens is 2. The van der Waals surface area contributed by atoms with Gasteiger partial charge in [-0.05, 0) is 33.1 Å². The van der Waals surface area contributed by atoms with Crippen LogP contribution in [0.3, 0.4) is 0 Å². The predicted molar refractivity (Wildman–Crippen MR) is 122 cm³/mol. The number of hydrogen-bond donors (Lipinski definition) is 0. The summed E-state index contributed by atoms with van der Waals surface area (Å²) >= 11 is 0.916. The molecule has 2 amide bonds. The number of anilines is 1. The van der Waals surface area contributed by atoms with E-state index in [4.69, 9.17) is 9.47 Å². The van der Waals surface area contributed by atoms with Gasteiger partial charge in [0.25, 0.3) is 10.0 Å². The van der Waals surface area contributed by atoms with Crippen LogP contribution in [-0.4, -0.2) is 84.6 Å². The van der Waals surface area contributed by atoms with Crippen LogP contribution in [0.1, 0.15) is 60.3 Å². The summed E-state index contributed by atoms with van der Waals surface area (Å²) < 4.78 is 38.7. The first-order chi connectivity index (χ1) is 15.2. The van der Waals surface area contributed by atoms with E-state index in [1.807, 2.05) is 32.6 Å². The molecule has 1 aromatic rings. The van der Waals surface area contributed by atoms with Gasteiger partial charge in [-0.15, -0.1) is 10.2 Å². The van der Waals surface area contributed by atoms with Crippen molar-refractivity contribution in [3.05, 3.63) is 0 Å². The van der Waals surface area contributed by atoms with Gasteiger partial charge < -0.3 is 14.4 Å². The number of amides is 2. The van der Waals surface area contributed by atoms with Gasteiger partial charge in [0, 0.05) is 25.2 Å². The molecule has 2 saturated heterocycles. The van der Waals surface area contributed by atoms with Gasteiger partial charge in [-0.3, -0.25) is 0 Å². The highest BCUT2D eigenvalue weighted by molar-refractivity contribution is 7.91. The summed E-state index contributed by atoms with van der Waals surface area (Å²) in [6.07, 6.45) is 2.79.